The topological polar surface area (TPSA) is 117 Å². The Kier molecular flexibility index (Phi) is 5.79. The number of H-pyrrole nitrogens is 1. The molecule has 28 heavy (non-hydrogen) atoms. The first-order valence-electron chi connectivity index (χ1n) is 9.79. The van der Waals surface area contributed by atoms with Crippen LogP contribution < -0.4 is 16.6 Å². The van der Waals surface area contributed by atoms with E-state index in [2.05, 4.69) is 15.2 Å². The van der Waals surface area contributed by atoms with Crippen molar-refractivity contribution in [1.82, 2.24) is 19.8 Å². The van der Waals surface area contributed by atoms with E-state index < -0.39 is 22.9 Å². The Hall–Kier alpha value is -1.97. The van der Waals surface area contributed by atoms with Crippen molar-refractivity contribution >= 4 is 5.91 Å². The Morgan fingerprint density at radius 1 is 1.32 bits per heavy atom. The zero-order valence-electron chi connectivity index (χ0n) is 16.8. The van der Waals surface area contributed by atoms with Gasteiger partial charge in [0, 0.05) is 51.5 Å². The minimum absolute atomic E-state index is 0.162. The molecule has 0 radical (unpaired) electrons. The number of nitrogens with one attached hydrogen (secondary N) is 2. The lowest BCUT2D eigenvalue weighted by Crippen LogP contribution is -2.69. The van der Waals surface area contributed by atoms with Crippen LogP contribution in [0.15, 0.2) is 15.7 Å². The molecule has 1 aromatic rings. The number of aliphatic hydroxyl groups is 1. The van der Waals surface area contributed by atoms with Crippen molar-refractivity contribution in [1.29, 1.82) is 0 Å². The summed E-state index contributed by atoms with van der Waals surface area (Å²) in [4.78, 5) is 40.4. The van der Waals surface area contributed by atoms with Crippen molar-refractivity contribution in [3.8, 4) is 0 Å². The number of carbonyl (C=O) groups excluding carboxylic acids is 1. The number of aliphatic hydroxyl groups excluding tert-OH is 1. The van der Waals surface area contributed by atoms with Gasteiger partial charge in [-0.05, 0) is 33.1 Å². The summed E-state index contributed by atoms with van der Waals surface area (Å²) in [6.07, 6.45) is 1.03. The Labute approximate surface area is 163 Å². The van der Waals surface area contributed by atoms with Crippen LogP contribution >= 0.6 is 0 Å². The molecule has 3 N–H and O–H groups in total. The molecule has 0 aromatic carbocycles. The Morgan fingerprint density at radius 3 is 2.61 bits per heavy atom. The summed E-state index contributed by atoms with van der Waals surface area (Å²) in [5, 5.41) is 13.9. The summed E-state index contributed by atoms with van der Waals surface area (Å²) >= 11 is 0. The van der Waals surface area contributed by atoms with E-state index in [1.165, 1.54) is 17.6 Å². The number of nitrogens with zero attached hydrogens (tertiary/aromatic N) is 2. The molecule has 2 aliphatic heterocycles. The molecular formula is C19H30N4O5. The van der Waals surface area contributed by atoms with Gasteiger partial charge in [0.25, 0.3) is 5.56 Å². The van der Waals surface area contributed by atoms with Crippen LogP contribution in [0.4, 0.5) is 0 Å². The molecule has 1 spiro atoms. The highest BCUT2D eigenvalue weighted by atomic mass is 16.5. The molecule has 0 bridgehead atoms. The summed E-state index contributed by atoms with van der Waals surface area (Å²) in [6, 6.07) is 1.42. The number of rotatable bonds is 4. The highest BCUT2D eigenvalue weighted by molar-refractivity contribution is 5.74. The number of carbonyl (C=O) groups is 1. The quantitative estimate of drug-likeness (QED) is 0.625. The lowest BCUT2D eigenvalue weighted by Gasteiger charge is -2.53. The van der Waals surface area contributed by atoms with Gasteiger partial charge in [-0.15, -0.1) is 0 Å². The third-order valence-corrected chi connectivity index (χ3v) is 6.07. The number of aromatic nitrogens is 2. The van der Waals surface area contributed by atoms with Crippen LogP contribution in [0.5, 0.6) is 0 Å². The lowest BCUT2D eigenvalue weighted by atomic mass is 9.73. The van der Waals surface area contributed by atoms with E-state index in [0.717, 1.165) is 0 Å². The van der Waals surface area contributed by atoms with E-state index >= 15 is 0 Å². The largest absolute Gasteiger partial charge is 0.388 e. The maximum Gasteiger partial charge on any atom is 0.328 e. The molecular weight excluding hydrogens is 364 g/mol. The van der Waals surface area contributed by atoms with Crippen molar-refractivity contribution < 1.29 is 14.6 Å². The number of aryl methyl sites for hydroxylation is 1. The Balaban J connectivity index is 1.62. The molecule has 3 rings (SSSR count). The Bertz CT molecular complexity index is 808. The minimum atomic E-state index is -0.789. The van der Waals surface area contributed by atoms with E-state index in [9.17, 15) is 19.5 Å². The van der Waals surface area contributed by atoms with Crippen molar-refractivity contribution in [3.63, 3.8) is 0 Å². The van der Waals surface area contributed by atoms with Gasteiger partial charge in [0.1, 0.15) is 6.10 Å². The minimum Gasteiger partial charge on any atom is -0.388 e. The van der Waals surface area contributed by atoms with E-state index in [1.54, 1.807) is 6.92 Å². The average Bonchev–Trinajstić information content (AvgIpc) is 2.60. The van der Waals surface area contributed by atoms with Crippen molar-refractivity contribution in [2.24, 2.45) is 0 Å². The molecule has 0 aliphatic carbocycles. The molecule has 156 valence electrons. The molecule has 1 aromatic heterocycles. The van der Waals surface area contributed by atoms with E-state index in [1.807, 2.05) is 6.92 Å². The van der Waals surface area contributed by atoms with E-state index in [0.29, 0.717) is 57.7 Å². The van der Waals surface area contributed by atoms with Gasteiger partial charge in [0.05, 0.1) is 11.1 Å². The first kappa shape index (κ1) is 20.8. The molecule has 9 heteroatoms. The molecule has 2 fully saturated rings. The van der Waals surface area contributed by atoms with Crippen molar-refractivity contribution in [2.75, 3.05) is 26.2 Å². The van der Waals surface area contributed by atoms with Crippen LogP contribution in [0, 0.1) is 6.92 Å². The highest BCUT2D eigenvalue weighted by Gasteiger charge is 2.53. The molecule has 3 heterocycles. The smallest absolute Gasteiger partial charge is 0.328 e. The van der Waals surface area contributed by atoms with Crippen molar-refractivity contribution in [3.05, 3.63) is 32.6 Å². The Morgan fingerprint density at radius 2 is 2.00 bits per heavy atom. The van der Waals surface area contributed by atoms with Crippen LogP contribution in [-0.4, -0.2) is 68.9 Å². The molecule has 0 saturated carbocycles. The number of piperidine rings is 1. The fourth-order valence-electron chi connectivity index (χ4n) is 4.46. The van der Waals surface area contributed by atoms with Gasteiger partial charge in [-0.3, -0.25) is 14.2 Å². The SMILES string of the molecule is CC(=O)N[C@@]1(C)CCOC2(CCN(CCn3c(=O)cc(C)[nH]c3=O)CC2)[C@@H]1O. The number of hydrogen-bond acceptors (Lipinski definition) is 6. The first-order valence-corrected chi connectivity index (χ1v) is 9.79. The van der Waals surface area contributed by atoms with Crippen LogP contribution in [0.3, 0.4) is 0 Å². The molecule has 9 nitrogen and oxygen atoms in total. The number of ether oxygens (including phenoxy) is 1. The number of aromatic amines is 1. The third kappa shape index (κ3) is 4.06. The summed E-state index contributed by atoms with van der Waals surface area (Å²) in [5.74, 6) is -0.162. The summed E-state index contributed by atoms with van der Waals surface area (Å²) in [7, 11) is 0. The third-order valence-electron chi connectivity index (χ3n) is 6.07. The van der Waals surface area contributed by atoms with Gasteiger partial charge >= 0.3 is 5.69 Å². The molecule has 2 saturated heterocycles. The number of hydrogen-bond donors (Lipinski definition) is 3. The zero-order valence-corrected chi connectivity index (χ0v) is 16.8. The molecule has 1 amide bonds. The molecule has 2 aliphatic rings. The highest BCUT2D eigenvalue weighted by Crippen LogP contribution is 2.39. The average molecular weight is 394 g/mol. The predicted molar refractivity (Wildman–Crippen MR) is 103 cm³/mol. The first-order chi connectivity index (χ1) is 13.2. The van der Waals surface area contributed by atoms with Gasteiger partial charge in [-0.1, -0.05) is 0 Å². The predicted octanol–water partition coefficient (Wildman–Crippen LogP) is -0.644. The van der Waals surface area contributed by atoms with Gasteiger partial charge < -0.3 is 25.0 Å². The molecule has 0 unspecified atom stereocenters. The lowest BCUT2D eigenvalue weighted by molar-refractivity contribution is -0.207. The van der Waals surface area contributed by atoms with E-state index in [-0.39, 0.29) is 11.5 Å². The second-order valence-corrected chi connectivity index (χ2v) is 8.25. The van der Waals surface area contributed by atoms with Gasteiger partial charge in [-0.25, -0.2) is 4.79 Å². The van der Waals surface area contributed by atoms with Gasteiger partial charge in [-0.2, -0.15) is 0 Å². The summed E-state index contributed by atoms with van der Waals surface area (Å²) in [5.41, 5.74) is -1.52. The van der Waals surface area contributed by atoms with Gasteiger partial charge in [0.15, 0.2) is 0 Å². The van der Waals surface area contributed by atoms with Gasteiger partial charge in [0.2, 0.25) is 5.91 Å². The normalized spacial score (nSPS) is 27.6. The fourth-order valence-corrected chi connectivity index (χ4v) is 4.46. The zero-order chi connectivity index (χ0) is 20.5. The van der Waals surface area contributed by atoms with Crippen LogP contribution in [-0.2, 0) is 16.1 Å². The molecule has 2 atom stereocenters. The maximum absolute atomic E-state index is 12.0. The van der Waals surface area contributed by atoms with Crippen LogP contribution in [0.1, 0.15) is 38.8 Å². The van der Waals surface area contributed by atoms with Crippen molar-refractivity contribution in [2.45, 2.75) is 63.8 Å². The summed E-state index contributed by atoms with van der Waals surface area (Å²) in [6.45, 7) is 7.75. The number of amides is 1. The van der Waals surface area contributed by atoms with Crippen LogP contribution in [0.2, 0.25) is 0 Å². The standard InChI is InChI=1S/C19H30N4O5/c1-13-12-15(25)23(17(27)20-13)10-9-22-7-4-19(5-8-22)16(26)18(3,6-11-28-19)21-14(2)24/h12,16,26H,4-11H2,1-3H3,(H,20,27)(H,21,24)/t16-,18+/m1/s1. The second-order valence-electron chi connectivity index (χ2n) is 8.25. The maximum atomic E-state index is 12.0. The fraction of sp³-hybridized carbons (Fsp3) is 0.737. The van der Waals surface area contributed by atoms with E-state index in [4.69, 9.17) is 4.74 Å². The number of likely N-dealkylation sites (tertiary alicyclic amines) is 1. The monoisotopic (exact) mass is 394 g/mol. The van der Waals surface area contributed by atoms with Crippen LogP contribution in [0.25, 0.3) is 0 Å². The summed E-state index contributed by atoms with van der Waals surface area (Å²) < 4.78 is 7.23. The second kappa shape index (κ2) is 7.81.